The van der Waals surface area contributed by atoms with E-state index in [1.54, 1.807) is 11.3 Å². The molecule has 1 aromatic heterocycles. The maximum absolute atomic E-state index is 8.62. The van der Waals surface area contributed by atoms with Crippen molar-refractivity contribution in [2.24, 2.45) is 0 Å². The van der Waals surface area contributed by atoms with Gasteiger partial charge in [0.25, 0.3) is 0 Å². The molecule has 0 fully saturated rings. The zero-order valence-corrected chi connectivity index (χ0v) is 11.8. The van der Waals surface area contributed by atoms with Gasteiger partial charge in [-0.2, -0.15) is 0 Å². The fraction of sp³-hybridized carbons (Fsp3) is 0.571. The molecule has 0 bridgehead atoms. The van der Waals surface area contributed by atoms with Crippen LogP contribution in [0.3, 0.4) is 0 Å². The Morgan fingerprint density at radius 1 is 1.39 bits per heavy atom. The molecule has 1 N–H and O–H groups in total. The quantitative estimate of drug-likeness (QED) is 0.610. The van der Waals surface area contributed by atoms with Crippen molar-refractivity contribution in [3.8, 4) is 11.8 Å². The number of rotatable bonds is 7. The average molecular weight is 268 g/mol. The summed E-state index contributed by atoms with van der Waals surface area (Å²) in [6, 6.07) is 2.03. The van der Waals surface area contributed by atoms with Gasteiger partial charge in [-0.05, 0) is 19.9 Å². The number of hydrogen-bond donors (Lipinski definition) is 1. The van der Waals surface area contributed by atoms with Crippen LogP contribution in [-0.4, -0.2) is 31.0 Å². The minimum Gasteiger partial charge on any atom is -0.395 e. The second-order valence-electron chi connectivity index (χ2n) is 4.05. The lowest BCUT2D eigenvalue weighted by Crippen LogP contribution is -2.09. The van der Waals surface area contributed by atoms with E-state index in [-0.39, 0.29) is 12.7 Å². The lowest BCUT2D eigenvalue weighted by Gasteiger charge is -2.07. The number of aliphatic hydroxyl groups is 1. The molecule has 1 rings (SSSR count). The second-order valence-corrected chi connectivity index (χ2v) is 5.04. The van der Waals surface area contributed by atoms with Crippen LogP contribution in [0.1, 0.15) is 30.7 Å². The van der Waals surface area contributed by atoms with Crippen LogP contribution in [0.2, 0.25) is 0 Å². The molecule has 0 saturated heterocycles. The van der Waals surface area contributed by atoms with E-state index in [1.807, 2.05) is 25.3 Å². The van der Waals surface area contributed by atoms with Crippen LogP contribution in [0.5, 0.6) is 0 Å². The van der Waals surface area contributed by atoms with Gasteiger partial charge in [0.1, 0.15) is 0 Å². The van der Waals surface area contributed by atoms with Crippen molar-refractivity contribution in [1.29, 1.82) is 0 Å². The van der Waals surface area contributed by atoms with Gasteiger partial charge in [-0.25, -0.2) is 0 Å². The largest absolute Gasteiger partial charge is 0.395 e. The molecule has 1 heterocycles. The molecule has 0 aliphatic heterocycles. The summed E-state index contributed by atoms with van der Waals surface area (Å²) in [5, 5.41) is 10.6. The summed E-state index contributed by atoms with van der Waals surface area (Å²) < 4.78 is 10.9. The predicted molar refractivity (Wildman–Crippen MR) is 73.6 cm³/mol. The van der Waals surface area contributed by atoms with Crippen molar-refractivity contribution >= 4 is 11.3 Å². The molecule has 0 aliphatic carbocycles. The normalized spacial score (nSPS) is 10.4. The third-order valence-corrected chi connectivity index (χ3v) is 2.96. The molecule has 100 valence electrons. The van der Waals surface area contributed by atoms with Gasteiger partial charge in [0.2, 0.25) is 0 Å². The minimum atomic E-state index is 0.114. The second kappa shape index (κ2) is 9.12. The molecule has 0 spiro atoms. The van der Waals surface area contributed by atoms with E-state index in [1.165, 1.54) is 0 Å². The smallest absolute Gasteiger partial charge is 0.0810 e. The summed E-state index contributed by atoms with van der Waals surface area (Å²) in [6.45, 7) is 5.98. The van der Waals surface area contributed by atoms with Crippen molar-refractivity contribution in [1.82, 2.24) is 0 Å². The molecule has 0 atom stereocenters. The van der Waals surface area contributed by atoms with E-state index < -0.39 is 0 Å². The van der Waals surface area contributed by atoms with Crippen LogP contribution in [0.4, 0.5) is 0 Å². The van der Waals surface area contributed by atoms with Crippen molar-refractivity contribution in [2.45, 2.75) is 33.0 Å². The third-order valence-electron chi connectivity index (χ3n) is 2.05. The molecule has 0 aliphatic rings. The standard InChI is InChI=1S/C14H20O3S/c1-12(2)17-8-7-16-10-14-9-13(11-18-14)5-3-4-6-15/h9,11-12,15H,4,6-8,10H2,1-2H3. The first kappa shape index (κ1) is 15.2. The highest BCUT2D eigenvalue weighted by molar-refractivity contribution is 7.10. The summed E-state index contributed by atoms with van der Waals surface area (Å²) in [5.74, 6) is 5.90. The third kappa shape index (κ3) is 6.77. The van der Waals surface area contributed by atoms with Gasteiger partial charge in [0, 0.05) is 22.2 Å². The number of aliphatic hydroxyl groups excluding tert-OH is 1. The number of hydrogen-bond acceptors (Lipinski definition) is 4. The number of ether oxygens (including phenoxy) is 2. The van der Waals surface area contributed by atoms with E-state index in [4.69, 9.17) is 14.6 Å². The summed E-state index contributed by atoms with van der Waals surface area (Å²) in [5.41, 5.74) is 0.991. The van der Waals surface area contributed by atoms with Gasteiger partial charge in [-0.1, -0.05) is 11.8 Å². The van der Waals surface area contributed by atoms with Crippen LogP contribution in [0, 0.1) is 11.8 Å². The summed E-state index contributed by atoms with van der Waals surface area (Å²) in [4.78, 5) is 1.16. The van der Waals surface area contributed by atoms with E-state index in [0.29, 0.717) is 26.2 Å². The number of thiophene rings is 1. The fourth-order valence-electron chi connectivity index (χ4n) is 1.26. The Morgan fingerprint density at radius 2 is 2.22 bits per heavy atom. The minimum absolute atomic E-state index is 0.114. The van der Waals surface area contributed by atoms with Gasteiger partial charge >= 0.3 is 0 Å². The molecule has 0 unspecified atom stereocenters. The Bertz CT molecular complexity index is 387. The molecule has 3 nitrogen and oxygen atoms in total. The molecular formula is C14H20O3S. The highest BCUT2D eigenvalue weighted by Gasteiger charge is 1.99. The summed E-state index contributed by atoms with van der Waals surface area (Å²) in [7, 11) is 0. The Morgan fingerprint density at radius 3 is 2.94 bits per heavy atom. The first-order chi connectivity index (χ1) is 8.72. The van der Waals surface area contributed by atoms with E-state index >= 15 is 0 Å². The molecule has 4 heteroatoms. The van der Waals surface area contributed by atoms with Gasteiger partial charge < -0.3 is 14.6 Å². The highest BCUT2D eigenvalue weighted by atomic mass is 32.1. The van der Waals surface area contributed by atoms with Gasteiger partial charge in [0.05, 0.1) is 32.5 Å². The van der Waals surface area contributed by atoms with Crippen LogP contribution in [0.25, 0.3) is 0 Å². The molecule has 0 radical (unpaired) electrons. The molecule has 0 aromatic carbocycles. The summed E-state index contributed by atoms with van der Waals surface area (Å²) >= 11 is 1.64. The fourth-order valence-corrected chi connectivity index (χ4v) is 2.01. The van der Waals surface area contributed by atoms with Crippen molar-refractivity contribution in [3.05, 3.63) is 21.9 Å². The maximum Gasteiger partial charge on any atom is 0.0810 e. The van der Waals surface area contributed by atoms with Crippen molar-refractivity contribution < 1.29 is 14.6 Å². The van der Waals surface area contributed by atoms with Crippen LogP contribution < -0.4 is 0 Å². The van der Waals surface area contributed by atoms with Crippen molar-refractivity contribution in [2.75, 3.05) is 19.8 Å². The zero-order valence-electron chi connectivity index (χ0n) is 10.9. The molecular weight excluding hydrogens is 248 g/mol. The first-order valence-corrected chi connectivity index (χ1v) is 6.97. The van der Waals surface area contributed by atoms with Gasteiger partial charge in [0.15, 0.2) is 0 Å². The average Bonchev–Trinajstić information content (AvgIpc) is 2.77. The molecule has 0 saturated carbocycles. The van der Waals surface area contributed by atoms with Gasteiger partial charge in [-0.15, -0.1) is 11.3 Å². The Balaban J connectivity index is 2.21. The summed E-state index contributed by atoms with van der Waals surface area (Å²) in [6.07, 6.45) is 0.776. The van der Waals surface area contributed by atoms with Gasteiger partial charge in [-0.3, -0.25) is 0 Å². The molecule has 18 heavy (non-hydrogen) atoms. The van der Waals surface area contributed by atoms with E-state index in [9.17, 15) is 0 Å². The topological polar surface area (TPSA) is 38.7 Å². The lowest BCUT2D eigenvalue weighted by atomic mass is 10.3. The SMILES string of the molecule is CC(C)OCCOCc1cc(C#CCCO)cs1. The Hall–Kier alpha value is -0.860. The van der Waals surface area contributed by atoms with E-state index in [2.05, 4.69) is 11.8 Å². The Kier molecular flexibility index (Phi) is 7.70. The van der Waals surface area contributed by atoms with Crippen LogP contribution in [0.15, 0.2) is 11.4 Å². The Labute approximate surface area is 113 Å². The zero-order chi connectivity index (χ0) is 13.2. The highest BCUT2D eigenvalue weighted by Crippen LogP contribution is 2.14. The molecule has 0 amide bonds. The van der Waals surface area contributed by atoms with Crippen LogP contribution in [-0.2, 0) is 16.1 Å². The lowest BCUT2D eigenvalue weighted by molar-refractivity contribution is 0.0149. The first-order valence-electron chi connectivity index (χ1n) is 6.09. The van der Waals surface area contributed by atoms with Crippen LogP contribution >= 0.6 is 11.3 Å². The molecule has 1 aromatic rings. The maximum atomic E-state index is 8.62. The predicted octanol–water partition coefficient (Wildman–Crippen LogP) is 2.42. The monoisotopic (exact) mass is 268 g/mol. The van der Waals surface area contributed by atoms with E-state index in [0.717, 1.165) is 10.4 Å². The van der Waals surface area contributed by atoms with Crippen molar-refractivity contribution in [3.63, 3.8) is 0 Å².